The van der Waals surface area contributed by atoms with Gasteiger partial charge in [0.25, 0.3) is 0 Å². The Balaban J connectivity index is 2.19. The third kappa shape index (κ3) is 1.92. The highest BCUT2D eigenvalue weighted by Gasteiger charge is 2.39. The Morgan fingerprint density at radius 3 is 2.45 bits per heavy atom. The molecule has 1 heterocycles. The molecule has 20 heavy (non-hydrogen) atoms. The van der Waals surface area contributed by atoms with E-state index in [1.807, 2.05) is 17.8 Å². The molecule has 0 aliphatic heterocycles. The van der Waals surface area contributed by atoms with Crippen LogP contribution in [0, 0.1) is 0 Å². The molecule has 3 nitrogen and oxygen atoms in total. The molecule has 1 aliphatic rings. The van der Waals surface area contributed by atoms with Crippen LogP contribution in [0.5, 0.6) is 0 Å². The SMILES string of the molecule is CCC1(c2nn(C)c(N)c2-c2ccccc2)CCCC1. The summed E-state index contributed by atoms with van der Waals surface area (Å²) in [6.45, 7) is 2.28. The summed E-state index contributed by atoms with van der Waals surface area (Å²) in [7, 11) is 1.95. The number of nitrogens with two attached hydrogens (primary N) is 1. The van der Waals surface area contributed by atoms with Crippen LogP contribution in [0.15, 0.2) is 30.3 Å². The van der Waals surface area contributed by atoms with Gasteiger partial charge in [-0.1, -0.05) is 50.1 Å². The first-order valence-corrected chi connectivity index (χ1v) is 7.56. The van der Waals surface area contributed by atoms with Crippen LogP contribution in [0.3, 0.4) is 0 Å². The fourth-order valence-corrected chi connectivity index (χ4v) is 3.61. The first-order chi connectivity index (χ1) is 9.68. The maximum atomic E-state index is 6.32. The Morgan fingerprint density at radius 1 is 1.20 bits per heavy atom. The van der Waals surface area contributed by atoms with Crippen molar-refractivity contribution in [2.75, 3.05) is 5.73 Å². The molecule has 0 saturated heterocycles. The standard InChI is InChI=1S/C17H23N3/c1-3-17(11-7-8-12-17)15-14(16(18)20(2)19-15)13-9-5-4-6-10-13/h4-6,9-10H,3,7-8,11-12,18H2,1-2H3. The zero-order chi connectivity index (χ0) is 14.2. The second-order valence-corrected chi connectivity index (χ2v) is 5.94. The Kier molecular flexibility index (Phi) is 3.28. The average molecular weight is 269 g/mol. The first-order valence-electron chi connectivity index (χ1n) is 7.56. The van der Waals surface area contributed by atoms with Crippen molar-refractivity contribution in [1.82, 2.24) is 9.78 Å². The lowest BCUT2D eigenvalue weighted by Crippen LogP contribution is -2.22. The summed E-state index contributed by atoms with van der Waals surface area (Å²) >= 11 is 0. The van der Waals surface area contributed by atoms with E-state index in [0.717, 1.165) is 17.8 Å². The maximum Gasteiger partial charge on any atom is 0.129 e. The van der Waals surface area contributed by atoms with Crippen molar-refractivity contribution < 1.29 is 0 Å². The van der Waals surface area contributed by atoms with E-state index in [1.54, 1.807) is 0 Å². The molecule has 106 valence electrons. The Hall–Kier alpha value is -1.77. The molecule has 0 bridgehead atoms. The Bertz CT molecular complexity index is 592. The average Bonchev–Trinajstić information content (AvgIpc) is 3.07. The fourth-order valence-electron chi connectivity index (χ4n) is 3.61. The number of hydrogen-bond acceptors (Lipinski definition) is 2. The van der Waals surface area contributed by atoms with E-state index in [-0.39, 0.29) is 5.41 Å². The van der Waals surface area contributed by atoms with Gasteiger partial charge in [0.1, 0.15) is 5.82 Å². The number of aryl methyl sites for hydroxylation is 1. The molecule has 2 N–H and O–H groups in total. The van der Waals surface area contributed by atoms with Crippen LogP contribution < -0.4 is 5.73 Å². The number of nitrogens with zero attached hydrogens (tertiary/aromatic N) is 2. The molecule has 0 unspecified atom stereocenters. The summed E-state index contributed by atoms with van der Waals surface area (Å²) in [5.74, 6) is 0.783. The number of benzene rings is 1. The fraction of sp³-hybridized carbons (Fsp3) is 0.471. The minimum Gasteiger partial charge on any atom is -0.383 e. The summed E-state index contributed by atoms with van der Waals surface area (Å²) < 4.78 is 1.84. The number of rotatable bonds is 3. The van der Waals surface area contributed by atoms with Gasteiger partial charge in [-0.3, -0.25) is 4.68 Å². The summed E-state index contributed by atoms with van der Waals surface area (Å²) in [5.41, 5.74) is 10.1. The molecule has 1 aromatic heterocycles. The zero-order valence-electron chi connectivity index (χ0n) is 12.4. The zero-order valence-corrected chi connectivity index (χ0v) is 12.4. The predicted molar refractivity (Wildman–Crippen MR) is 83.5 cm³/mol. The maximum absolute atomic E-state index is 6.32. The van der Waals surface area contributed by atoms with Crippen LogP contribution in [-0.4, -0.2) is 9.78 Å². The van der Waals surface area contributed by atoms with Crippen LogP contribution >= 0.6 is 0 Å². The van der Waals surface area contributed by atoms with E-state index < -0.39 is 0 Å². The topological polar surface area (TPSA) is 43.8 Å². The lowest BCUT2D eigenvalue weighted by molar-refractivity contribution is 0.408. The van der Waals surface area contributed by atoms with Gasteiger partial charge >= 0.3 is 0 Å². The number of aromatic nitrogens is 2. The third-order valence-electron chi connectivity index (χ3n) is 4.89. The van der Waals surface area contributed by atoms with Gasteiger partial charge in [-0.05, 0) is 24.8 Å². The van der Waals surface area contributed by atoms with Gasteiger partial charge in [-0.15, -0.1) is 0 Å². The van der Waals surface area contributed by atoms with E-state index in [0.29, 0.717) is 0 Å². The van der Waals surface area contributed by atoms with Crippen molar-refractivity contribution in [3.05, 3.63) is 36.0 Å². The first kappa shape index (κ1) is 13.2. The minimum absolute atomic E-state index is 0.223. The molecule has 1 saturated carbocycles. The molecule has 1 fully saturated rings. The van der Waals surface area contributed by atoms with Crippen molar-refractivity contribution in [2.24, 2.45) is 7.05 Å². The molecule has 3 rings (SSSR count). The molecule has 2 aromatic rings. The van der Waals surface area contributed by atoms with Gasteiger partial charge < -0.3 is 5.73 Å². The number of anilines is 1. The van der Waals surface area contributed by atoms with E-state index in [1.165, 1.54) is 36.9 Å². The van der Waals surface area contributed by atoms with E-state index >= 15 is 0 Å². The Labute approximate surface area is 120 Å². The number of nitrogen functional groups attached to an aromatic ring is 1. The van der Waals surface area contributed by atoms with E-state index in [4.69, 9.17) is 10.8 Å². The molecule has 0 atom stereocenters. The van der Waals surface area contributed by atoms with Gasteiger partial charge in [-0.25, -0.2) is 0 Å². The van der Waals surface area contributed by atoms with Gasteiger partial charge in [0.15, 0.2) is 0 Å². The molecule has 3 heteroatoms. The van der Waals surface area contributed by atoms with Gasteiger partial charge in [-0.2, -0.15) is 5.10 Å². The number of hydrogen-bond donors (Lipinski definition) is 1. The smallest absolute Gasteiger partial charge is 0.129 e. The molecular formula is C17H23N3. The Morgan fingerprint density at radius 2 is 1.85 bits per heavy atom. The molecule has 1 aliphatic carbocycles. The minimum atomic E-state index is 0.223. The van der Waals surface area contributed by atoms with Gasteiger partial charge in [0.05, 0.1) is 5.69 Å². The van der Waals surface area contributed by atoms with Crippen LogP contribution in [0.1, 0.15) is 44.7 Å². The highest BCUT2D eigenvalue weighted by atomic mass is 15.3. The molecule has 0 spiro atoms. The van der Waals surface area contributed by atoms with E-state index in [9.17, 15) is 0 Å². The van der Waals surface area contributed by atoms with Crippen molar-refractivity contribution in [3.8, 4) is 11.1 Å². The quantitative estimate of drug-likeness (QED) is 0.918. The highest BCUT2D eigenvalue weighted by Crippen LogP contribution is 2.47. The lowest BCUT2D eigenvalue weighted by atomic mass is 9.77. The largest absolute Gasteiger partial charge is 0.383 e. The summed E-state index contributed by atoms with van der Waals surface area (Å²) in [6.07, 6.45) is 6.22. The summed E-state index contributed by atoms with van der Waals surface area (Å²) in [5, 5.41) is 4.80. The second-order valence-electron chi connectivity index (χ2n) is 5.94. The van der Waals surface area contributed by atoms with Crippen molar-refractivity contribution in [1.29, 1.82) is 0 Å². The van der Waals surface area contributed by atoms with Gasteiger partial charge in [0.2, 0.25) is 0 Å². The van der Waals surface area contributed by atoms with Crippen LogP contribution in [-0.2, 0) is 12.5 Å². The molecular weight excluding hydrogens is 246 g/mol. The third-order valence-corrected chi connectivity index (χ3v) is 4.89. The predicted octanol–water partition coefficient (Wildman–Crippen LogP) is 3.89. The van der Waals surface area contributed by atoms with Crippen LogP contribution in [0.2, 0.25) is 0 Å². The van der Waals surface area contributed by atoms with Gasteiger partial charge in [0, 0.05) is 18.0 Å². The normalized spacial score (nSPS) is 17.5. The lowest BCUT2D eigenvalue weighted by Gasteiger charge is -2.26. The van der Waals surface area contributed by atoms with Crippen LogP contribution in [0.4, 0.5) is 5.82 Å². The summed E-state index contributed by atoms with van der Waals surface area (Å²) in [4.78, 5) is 0. The summed E-state index contributed by atoms with van der Waals surface area (Å²) in [6, 6.07) is 10.4. The van der Waals surface area contributed by atoms with Crippen molar-refractivity contribution in [2.45, 2.75) is 44.4 Å². The highest BCUT2D eigenvalue weighted by molar-refractivity contribution is 5.77. The second kappa shape index (κ2) is 4.97. The molecule has 0 radical (unpaired) electrons. The molecule has 1 aromatic carbocycles. The van der Waals surface area contributed by atoms with Crippen LogP contribution in [0.25, 0.3) is 11.1 Å². The monoisotopic (exact) mass is 269 g/mol. The van der Waals surface area contributed by atoms with E-state index in [2.05, 4.69) is 31.2 Å². The molecule has 0 amide bonds. The van der Waals surface area contributed by atoms with Crippen molar-refractivity contribution in [3.63, 3.8) is 0 Å². The van der Waals surface area contributed by atoms with Crippen molar-refractivity contribution >= 4 is 5.82 Å².